The van der Waals surface area contributed by atoms with Crippen LogP contribution in [0.2, 0.25) is 0 Å². The lowest BCUT2D eigenvalue weighted by molar-refractivity contribution is 0.570. The summed E-state index contributed by atoms with van der Waals surface area (Å²) in [6.07, 6.45) is 1.37. The number of hydrogen-bond acceptors (Lipinski definition) is 3. The number of rotatable bonds is 4. The molecule has 128 valence electrons. The van der Waals surface area contributed by atoms with Crippen molar-refractivity contribution in [1.29, 1.82) is 0 Å². The van der Waals surface area contributed by atoms with Gasteiger partial charge in [0.1, 0.15) is 5.82 Å². The summed E-state index contributed by atoms with van der Waals surface area (Å²) in [5.41, 5.74) is 1.64. The lowest BCUT2D eigenvalue weighted by atomic mass is 10.0. The van der Waals surface area contributed by atoms with E-state index >= 15 is 0 Å². The van der Waals surface area contributed by atoms with Gasteiger partial charge >= 0.3 is 0 Å². The van der Waals surface area contributed by atoms with Crippen molar-refractivity contribution in [2.24, 2.45) is 0 Å². The maximum absolute atomic E-state index is 13.1. The summed E-state index contributed by atoms with van der Waals surface area (Å²) in [5.74, 6) is -0.509. The fourth-order valence-electron chi connectivity index (χ4n) is 2.69. The van der Waals surface area contributed by atoms with Crippen LogP contribution < -0.4 is 9.03 Å². The topological polar surface area (TPSA) is 86.7 Å². The molecule has 0 saturated heterocycles. The van der Waals surface area contributed by atoms with E-state index in [-0.39, 0.29) is 4.90 Å². The van der Waals surface area contributed by atoms with Gasteiger partial charge in [-0.25, -0.2) is 17.0 Å². The summed E-state index contributed by atoms with van der Waals surface area (Å²) in [5, 5.41) is 0. The van der Waals surface area contributed by atoms with E-state index in [0.717, 1.165) is 17.7 Å². The van der Waals surface area contributed by atoms with Gasteiger partial charge in [0.05, 0.1) is 16.3 Å². The van der Waals surface area contributed by atoms with Gasteiger partial charge in [0.2, 0.25) is 0 Å². The number of aryl methyl sites for hydroxylation is 1. The molecule has 2 aromatic rings. The molecule has 0 spiro atoms. The van der Waals surface area contributed by atoms with Crippen molar-refractivity contribution in [3.63, 3.8) is 0 Å². The molecule has 1 unspecified atom stereocenters. The van der Waals surface area contributed by atoms with Crippen LogP contribution in [0.5, 0.6) is 0 Å². The molecule has 0 aliphatic carbocycles. The van der Waals surface area contributed by atoms with Gasteiger partial charge in [0, 0.05) is 6.54 Å². The fourth-order valence-corrected chi connectivity index (χ4v) is 4.55. The van der Waals surface area contributed by atoms with Gasteiger partial charge in [-0.15, -0.1) is 0 Å². The SMILES string of the molecule is O=S(O)Nc1ccc2c(c1)N(S(=O)(=O)c1ccc(F)cc1)CCC2. The minimum absolute atomic E-state index is 0.000784. The number of fused-ring (bicyclic) bond motifs is 1. The van der Waals surface area contributed by atoms with Crippen LogP contribution in [-0.2, 0) is 27.7 Å². The van der Waals surface area contributed by atoms with Gasteiger partial charge in [-0.05, 0) is 54.8 Å². The maximum Gasteiger partial charge on any atom is 0.264 e. The number of anilines is 2. The summed E-state index contributed by atoms with van der Waals surface area (Å²) in [7, 11) is -3.84. The Labute approximate surface area is 141 Å². The van der Waals surface area contributed by atoms with Gasteiger partial charge in [0.15, 0.2) is 0 Å². The fraction of sp³-hybridized carbons (Fsp3) is 0.200. The van der Waals surface area contributed by atoms with E-state index in [1.807, 2.05) is 0 Å². The Morgan fingerprint density at radius 1 is 1.17 bits per heavy atom. The molecule has 0 amide bonds. The first kappa shape index (κ1) is 16.9. The van der Waals surface area contributed by atoms with Gasteiger partial charge in [-0.2, -0.15) is 0 Å². The Bertz CT molecular complexity index is 885. The van der Waals surface area contributed by atoms with Gasteiger partial charge in [-0.1, -0.05) is 6.07 Å². The molecule has 2 aromatic carbocycles. The quantitative estimate of drug-likeness (QED) is 0.810. The van der Waals surface area contributed by atoms with E-state index < -0.39 is 27.1 Å². The van der Waals surface area contributed by atoms with E-state index in [1.54, 1.807) is 12.1 Å². The summed E-state index contributed by atoms with van der Waals surface area (Å²) in [4.78, 5) is 0.000784. The first-order chi connectivity index (χ1) is 11.4. The van der Waals surface area contributed by atoms with Gasteiger partial charge in [0.25, 0.3) is 21.3 Å². The van der Waals surface area contributed by atoms with Crippen molar-refractivity contribution in [1.82, 2.24) is 0 Å². The molecule has 1 atom stereocenters. The molecule has 9 heteroatoms. The van der Waals surface area contributed by atoms with Crippen LogP contribution in [0.3, 0.4) is 0 Å². The van der Waals surface area contributed by atoms with Crippen molar-refractivity contribution in [2.45, 2.75) is 17.7 Å². The zero-order valence-electron chi connectivity index (χ0n) is 12.5. The van der Waals surface area contributed by atoms with Crippen molar-refractivity contribution in [3.8, 4) is 0 Å². The van der Waals surface area contributed by atoms with Crippen molar-refractivity contribution >= 4 is 32.7 Å². The number of sulfonamides is 1. The van der Waals surface area contributed by atoms with Crippen LogP contribution >= 0.6 is 0 Å². The minimum atomic E-state index is -3.84. The normalized spacial score (nSPS) is 15.7. The Morgan fingerprint density at radius 3 is 2.54 bits per heavy atom. The number of benzene rings is 2. The Balaban J connectivity index is 2.04. The number of nitrogens with zero attached hydrogens (tertiary/aromatic N) is 1. The second-order valence-electron chi connectivity index (χ2n) is 5.33. The zero-order valence-corrected chi connectivity index (χ0v) is 14.1. The number of nitrogens with one attached hydrogen (secondary N) is 1. The highest BCUT2D eigenvalue weighted by Gasteiger charge is 2.29. The Hall–Kier alpha value is -1.97. The molecule has 0 aromatic heterocycles. The molecule has 0 bridgehead atoms. The molecule has 6 nitrogen and oxygen atoms in total. The molecule has 24 heavy (non-hydrogen) atoms. The molecule has 0 saturated carbocycles. The summed E-state index contributed by atoms with van der Waals surface area (Å²) in [6, 6.07) is 9.55. The molecule has 1 aliphatic heterocycles. The van der Waals surface area contributed by atoms with Crippen LogP contribution in [0.1, 0.15) is 12.0 Å². The van der Waals surface area contributed by atoms with Gasteiger partial charge in [-0.3, -0.25) is 13.6 Å². The molecule has 1 heterocycles. The van der Waals surface area contributed by atoms with Crippen molar-refractivity contribution in [3.05, 3.63) is 53.8 Å². The van der Waals surface area contributed by atoms with Crippen LogP contribution in [-0.4, -0.2) is 23.7 Å². The molecule has 1 aliphatic rings. The lowest BCUT2D eigenvalue weighted by Gasteiger charge is -2.31. The maximum atomic E-state index is 13.1. The predicted octanol–water partition coefficient (Wildman–Crippen LogP) is 2.52. The highest BCUT2D eigenvalue weighted by atomic mass is 32.2. The third-order valence-corrected chi connectivity index (χ3v) is 6.01. The van der Waals surface area contributed by atoms with Crippen LogP contribution in [0.15, 0.2) is 47.4 Å². The smallest absolute Gasteiger partial charge is 0.264 e. The first-order valence-electron chi connectivity index (χ1n) is 7.17. The third kappa shape index (κ3) is 3.28. The third-order valence-electron chi connectivity index (χ3n) is 3.77. The Kier molecular flexibility index (Phi) is 4.57. The number of halogens is 1. The predicted molar refractivity (Wildman–Crippen MR) is 90.1 cm³/mol. The van der Waals surface area contributed by atoms with E-state index in [1.165, 1.54) is 22.5 Å². The van der Waals surface area contributed by atoms with Crippen molar-refractivity contribution < 1.29 is 21.6 Å². The monoisotopic (exact) mass is 370 g/mol. The average molecular weight is 370 g/mol. The van der Waals surface area contributed by atoms with Crippen LogP contribution in [0, 0.1) is 5.82 Å². The van der Waals surface area contributed by atoms with Gasteiger partial charge < -0.3 is 0 Å². The Morgan fingerprint density at radius 2 is 1.88 bits per heavy atom. The number of hydrogen-bond donors (Lipinski definition) is 2. The standard InChI is InChI=1S/C15H15FN2O4S2/c16-12-4-7-14(8-5-12)24(21,22)18-9-1-2-11-3-6-13(10-15(11)18)17-23(19)20/h3-8,10,17H,1-2,9H2,(H,19,20). The molecule has 0 fully saturated rings. The second kappa shape index (κ2) is 6.50. The van der Waals surface area contributed by atoms with E-state index in [9.17, 15) is 17.0 Å². The highest BCUT2D eigenvalue weighted by Crippen LogP contribution is 2.34. The molecule has 0 radical (unpaired) electrons. The summed E-state index contributed by atoms with van der Waals surface area (Å²) < 4.78 is 62.2. The summed E-state index contributed by atoms with van der Waals surface area (Å²) in [6.45, 7) is 0.290. The molecular formula is C15H15FN2O4S2. The van der Waals surface area contributed by atoms with Crippen molar-refractivity contribution in [2.75, 3.05) is 15.6 Å². The molecule has 2 N–H and O–H groups in total. The summed E-state index contributed by atoms with van der Waals surface area (Å²) >= 11 is -2.25. The molecular weight excluding hydrogens is 355 g/mol. The largest absolute Gasteiger partial charge is 0.289 e. The second-order valence-corrected chi connectivity index (χ2v) is 7.89. The van der Waals surface area contributed by atoms with Crippen LogP contribution in [0.25, 0.3) is 0 Å². The lowest BCUT2D eigenvalue weighted by Crippen LogP contribution is -2.35. The molecule has 3 rings (SSSR count). The van der Waals surface area contributed by atoms with E-state index in [2.05, 4.69) is 4.72 Å². The minimum Gasteiger partial charge on any atom is -0.289 e. The first-order valence-corrected chi connectivity index (χ1v) is 9.71. The van der Waals surface area contributed by atoms with E-state index in [0.29, 0.717) is 30.8 Å². The van der Waals surface area contributed by atoms with Crippen LogP contribution in [0.4, 0.5) is 15.8 Å². The highest BCUT2D eigenvalue weighted by molar-refractivity contribution is 7.92. The zero-order chi connectivity index (χ0) is 17.3. The van der Waals surface area contributed by atoms with E-state index in [4.69, 9.17) is 4.55 Å². The average Bonchev–Trinajstić information content (AvgIpc) is 2.54.